The number of epoxide rings is 1. The zero-order valence-corrected chi connectivity index (χ0v) is 6.97. The number of fused-ring (bicyclic) bond motifs is 1. The Morgan fingerprint density at radius 3 is 3.09 bits per heavy atom. The van der Waals surface area contributed by atoms with Crippen molar-refractivity contribution >= 4 is 0 Å². The molecule has 60 valence electrons. The van der Waals surface area contributed by atoms with Crippen LogP contribution in [0.15, 0.2) is 0 Å². The number of rotatable bonds is 2. The summed E-state index contributed by atoms with van der Waals surface area (Å²) in [6, 6.07) is 0. The van der Waals surface area contributed by atoms with E-state index in [0.717, 1.165) is 17.8 Å². The van der Waals surface area contributed by atoms with Gasteiger partial charge in [-0.05, 0) is 31.1 Å². The summed E-state index contributed by atoms with van der Waals surface area (Å²) in [5, 5.41) is 0. The van der Waals surface area contributed by atoms with E-state index in [1.165, 1.54) is 25.7 Å². The zero-order chi connectivity index (χ0) is 7.27. The lowest BCUT2D eigenvalue weighted by Crippen LogP contribution is -2.17. The number of hydrogen-bond donors (Lipinski definition) is 0. The molecule has 3 saturated carbocycles. The lowest BCUT2D eigenvalue weighted by Gasteiger charge is -2.16. The molecule has 3 aliphatic carbocycles. The van der Waals surface area contributed by atoms with E-state index in [0.29, 0.717) is 11.2 Å². The van der Waals surface area contributed by atoms with Gasteiger partial charge in [0.1, 0.15) is 11.2 Å². The fourth-order valence-corrected chi connectivity index (χ4v) is 4.06. The first-order valence-corrected chi connectivity index (χ1v) is 5.05. The van der Waals surface area contributed by atoms with E-state index in [2.05, 4.69) is 6.92 Å². The molecule has 0 N–H and O–H groups in total. The van der Waals surface area contributed by atoms with Gasteiger partial charge in [-0.2, -0.15) is 0 Å². The largest absolute Gasteiger partial charge is 0.361 e. The van der Waals surface area contributed by atoms with Crippen molar-refractivity contribution in [2.24, 2.45) is 17.8 Å². The van der Waals surface area contributed by atoms with E-state index < -0.39 is 0 Å². The van der Waals surface area contributed by atoms with Gasteiger partial charge in [-0.15, -0.1) is 0 Å². The highest BCUT2D eigenvalue weighted by Crippen LogP contribution is 2.92. The summed E-state index contributed by atoms with van der Waals surface area (Å²) >= 11 is 0. The van der Waals surface area contributed by atoms with E-state index in [9.17, 15) is 0 Å². The van der Waals surface area contributed by atoms with Gasteiger partial charge in [0, 0.05) is 5.92 Å². The maximum absolute atomic E-state index is 5.84. The van der Waals surface area contributed by atoms with Crippen LogP contribution in [-0.2, 0) is 4.74 Å². The van der Waals surface area contributed by atoms with Crippen LogP contribution >= 0.6 is 0 Å². The average Bonchev–Trinajstić information content (AvgIpc) is 2.88. The minimum Gasteiger partial charge on any atom is -0.361 e. The summed E-state index contributed by atoms with van der Waals surface area (Å²) in [5.74, 6) is 3.14. The highest BCUT2D eigenvalue weighted by molar-refractivity contribution is 5.49. The van der Waals surface area contributed by atoms with Crippen LogP contribution in [0.2, 0.25) is 0 Å². The molecule has 0 radical (unpaired) electrons. The van der Waals surface area contributed by atoms with Crippen LogP contribution in [0.3, 0.4) is 0 Å². The quantitative estimate of drug-likeness (QED) is 0.548. The first kappa shape index (κ1) is 5.58. The molecule has 1 aliphatic heterocycles. The van der Waals surface area contributed by atoms with Gasteiger partial charge >= 0.3 is 0 Å². The second-order valence-corrected chi connectivity index (χ2v) is 4.93. The van der Waals surface area contributed by atoms with Crippen molar-refractivity contribution < 1.29 is 4.74 Å². The van der Waals surface area contributed by atoms with Gasteiger partial charge in [-0.1, -0.05) is 13.3 Å². The van der Waals surface area contributed by atoms with Gasteiger partial charge < -0.3 is 4.74 Å². The highest BCUT2D eigenvalue weighted by Gasteiger charge is 3.02. The first-order valence-electron chi connectivity index (χ1n) is 5.05. The molecule has 0 bridgehead atoms. The maximum atomic E-state index is 5.84. The highest BCUT2D eigenvalue weighted by atomic mass is 16.7. The van der Waals surface area contributed by atoms with E-state index in [-0.39, 0.29) is 0 Å². The van der Waals surface area contributed by atoms with Crippen LogP contribution in [0.25, 0.3) is 0 Å². The van der Waals surface area contributed by atoms with Gasteiger partial charge in [-0.3, -0.25) is 0 Å². The lowest BCUT2D eigenvalue weighted by molar-refractivity contribution is 0.0615. The summed E-state index contributed by atoms with van der Waals surface area (Å²) in [5.41, 5.74) is 1.00. The predicted octanol–water partition coefficient (Wildman–Crippen LogP) is 1.96. The molecule has 1 nitrogen and oxygen atoms in total. The van der Waals surface area contributed by atoms with E-state index >= 15 is 0 Å². The molecular weight excluding hydrogens is 136 g/mol. The molecule has 1 heterocycles. The Morgan fingerprint density at radius 2 is 2.45 bits per heavy atom. The molecule has 5 unspecified atom stereocenters. The average molecular weight is 150 g/mol. The molecule has 11 heavy (non-hydrogen) atoms. The molecule has 4 fully saturated rings. The van der Waals surface area contributed by atoms with Crippen LogP contribution in [-0.4, -0.2) is 11.2 Å². The van der Waals surface area contributed by atoms with Crippen LogP contribution in [0.5, 0.6) is 0 Å². The maximum Gasteiger partial charge on any atom is 0.107 e. The minimum atomic E-state index is 0.497. The van der Waals surface area contributed by atoms with Crippen LogP contribution in [0, 0.1) is 17.8 Å². The lowest BCUT2D eigenvalue weighted by atomic mass is 10.0. The van der Waals surface area contributed by atoms with Gasteiger partial charge in [0.15, 0.2) is 0 Å². The molecule has 5 atom stereocenters. The number of hydrogen-bond acceptors (Lipinski definition) is 1. The monoisotopic (exact) mass is 150 g/mol. The molecular formula is C10H14O. The van der Waals surface area contributed by atoms with E-state index in [1.54, 1.807) is 0 Å². The van der Waals surface area contributed by atoms with Crippen molar-refractivity contribution in [3.8, 4) is 0 Å². The van der Waals surface area contributed by atoms with Crippen molar-refractivity contribution in [3.63, 3.8) is 0 Å². The molecule has 0 aromatic rings. The Balaban J connectivity index is 1.66. The molecule has 0 aromatic heterocycles. The summed E-state index contributed by atoms with van der Waals surface area (Å²) in [6.07, 6.45) is 5.72. The van der Waals surface area contributed by atoms with E-state index in [4.69, 9.17) is 4.74 Å². The molecule has 1 heteroatoms. The SMILES string of the molecule is CCCC1C23CC4CC4C12O3. The summed E-state index contributed by atoms with van der Waals surface area (Å²) < 4.78 is 5.84. The standard InChI is InChI=1S/C10H14O/c1-2-3-8-9-5-6-4-7(6)10(8,9)11-9/h6-8H,2-5H2,1H3. The summed E-state index contributed by atoms with van der Waals surface area (Å²) in [4.78, 5) is 0. The van der Waals surface area contributed by atoms with Crippen molar-refractivity contribution in [1.29, 1.82) is 0 Å². The second-order valence-electron chi connectivity index (χ2n) is 4.93. The fraction of sp³-hybridized carbons (Fsp3) is 1.00. The van der Waals surface area contributed by atoms with Gasteiger partial charge in [0.25, 0.3) is 0 Å². The third-order valence-corrected chi connectivity index (χ3v) is 4.58. The Kier molecular flexibility index (Phi) is 0.602. The zero-order valence-electron chi connectivity index (χ0n) is 6.97. The van der Waals surface area contributed by atoms with E-state index in [1.807, 2.05) is 0 Å². The third-order valence-electron chi connectivity index (χ3n) is 4.58. The second kappa shape index (κ2) is 1.19. The Labute approximate surface area is 67.1 Å². The van der Waals surface area contributed by atoms with Crippen LogP contribution in [0.4, 0.5) is 0 Å². The Morgan fingerprint density at radius 1 is 1.55 bits per heavy atom. The van der Waals surface area contributed by atoms with Crippen molar-refractivity contribution in [1.82, 2.24) is 0 Å². The minimum absolute atomic E-state index is 0.497. The Hall–Kier alpha value is -0.0400. The smallest absolute Gasteiger partial charge is 0.107 e. The third kappa shape index (κ3) is 0.342. The first-order chi connectivity index (χ1) is 5.35. The topological polar surface area (TPSA) is 12.5 Å². The molecule has 4 rings (SSSR count). The number of ether oxygens (including phenoxy) is 1. The van der Waals surface area contributed by atoms with Crippen LogP contribution < -0.4 is 0 Å². The molecule has 0 amide bonds. The van der Waals surface area contributed by atoms with Gasteiger partial charge in [0.05, 0.1) is 0 Å². The normalized spacial score (nSPS) is 73.4. The molecule has 0 aromatic carbocycles. The van der Waals surface area contributed by atoms with Gasteiger partial charge in [-0.25, -0.2) is 0 Å². The summed E-state index contributed by atoms with van der Waals surface area (Å²) in [6.45, 7) is 2.30. The predicted molar refractivity (Wildman–Crippen MR) is 41.2 cm³/mol. The van der Waals surface area contributed by atoms with Gasteiger partial charge in [0.2, 0.25) is 0 Å². The molecule has 0 spiro atoms. The Bertz CT molecular complexity index is 249. The summed E-state index contributed by atoms with van der Waals surface area (Å²) in [7, 11) is 0. The molecule has 1 saturated heterocycles. The van der Waals surface area contributed by atoms with Crippen LogP contribution in [0.1, 0.15) is 32.6 Å². The van der Waals surface area contributed by atoms with Crippen molar-refractivity contribution in [2.75, 3.05) is 0 Å². The van der Waals surface area contributed by atoms with Crippen molar-refractivity contribution in [2.45, 2.75) is 43.8 Å². The molecule has 4 aliphatic rings. The van der Waals surface area contributed by atoms with Crippen molar-refractivity contribution in [3.05, 3.63) is 0 Å². The fourth-order valence-electron chi connectivity index (χ4n) is 4.06.